The molecule has 1 aromatic rings. The molecule has 4 heteroatoms. The van der Waals surface area contributed by atoms with E-state index in [1.165, 1.54) is 4.90 Å². The fraction of sp³-hybridized carbons (Fsp3) is 0.500. The first-order valence-corrected chi connectivity index (χ1v) is 3.68. The average Bonchev–Trinajstić information content (AvgIpc) is 2.30. The van der Waals surface area contributed by atoms with E-state index >= 15 is 0 Å². The van der Waals surface area contributed by atoms with Crippen molar-refractivity contribution in [2.24, 2.45) is 0 Å². The van der Waals surface area contributed by atoms with Crippen molar-refractivity contribution in [3.63, 3.8) is 0 Å². The van der Waals surface area contributed by atoms with Gasteiger partial charge in [-0.3, -0.25) is 4.79 Å². The van der Waals surface area contributed by atoms with Crippen LogP contribution in [0.15, 0.2) is 4.52 Å². The van der Waals surface area contributed by atoms with Gasteiger partial charge in [0, 0.05) is 14.1 Å². The molecule has 1 aromatic heterocycles. The maximum absolute atomic E-state index is 11.5. The smallest absolute Gasteiger partial charge is 0.258 e. The number of hydrogen-bond donors (Lipinski definition) is 0. The van der Waals surface area contributed by atoms with Crippen LogP contribution in [-0.4, -0.2) is 30.1 Å². The van der Waals surface area contributed by atoms with Gasteiger partial charge in [-0.2, -0.15) is 0 Å². The fourth-order valence-electron chi connectivity index (χ4n) is 1.01. The first-order valence-electron chi connectivity index (χ1n) is 3.68. The van der Waals surface area contributed by atoms with Crippen LogP contribution in [0.3, 0.4) is 0 Å². The quantitative estimate of drug-likeness (QED) is 0.628. The summed E-state index contributed by atoms with van der Waals surface area (Å²) in [5.74, 6) is 0.512. The highest BCUT2D eigenvalue weighted by atomic mass is 16.5. The summed E-state index contributed by atoms with van der Waals surface area (Å²) in [6.07, 6.45) is 0. The van der Waals surface area contributed by atoms with Crippen molar-refractivity contribution in [2.45, 2.75) is 13.8 Å². The molecule has 1 amide bonds. The van der Waals surface area contributed by atoms with Crippen LogP contribution >= 0.6 is 0 Å². The largest absolute Gasteiger partial charge is 0.361 e. The Bertz CT molecular complexity index is 283. The van der Waals surface area contributed by atoms with Gasteiger partial charge in [-0.15, -0.1) is 0 Å². The number of carbonyl (C=O) groups is 1. The van der Waals surface area contributed by atoms with E-state index in [-0.39, 0.29) is 5.91 Å². The number of nitrogens with zero attached hydrogens (tertiary/aromatic N) is 2. The van der Waals surface area contributed by atoms with E-state index in [4.69, 9.17) is 4.52 Å². The summed E-state index contributed by atoms with van der Waals surface area (Å²) in [6, 6.07) is 0. The molecule has 0 saturated carbocycles. The standard InChI is InChI=1S/C8H12N2O2/c1-5-7(6(2)12-9-5)8(11)10(3)4/h1-4H3. The Labute approximate surface area is 71.1 Å². The molecule has 1 heterocycles. The molecule has 0 aromatic carbocycles. The highest BCUT2D eigenvalue weighted by molar-refractivity contribution is 5.95. The van der Waals surface area contributed by atoms with E-state index < -0.39 is 0 Å². The first-order chi connectivity index (χ1) is 5.54. The molecule has 66 valence electrons. The Morgan fingerprint density at radius 1 is 1.42 bits per heavy atom. The second-order valence-corrected chi connectivity index (χ2v) is 2.90. The number of hydrogen-bond acceptors (Lipinski definition) is 3. The molecule has 0 fully saturated rings. The number of amides is 1. The Hall–Kier alpha value is -1.32. The highest BCUT2D eigenvalue weighted by Gasteiger charge is 2.18. The lowest BCUT2D eigenvalue weighted by atomic mass is 10.2. The second-order valence-electron chi connectivity index (χ2n) is 2.90. The minimum Gasteiger partial charge on any atom is -0.361 e. The summed E-state index contributed by atoms with van der Waals surface area (Å²) < 4.78 is 4.87. The molecule has 0 bridgehead atoms. The van der Waals surface area contributed by atoms with Crippen LogP contribution in [0.25, 0.3) is 0 Å². The van der Waals surface area contributed by atoms with Gasteiger partial charge in [0.2, 0.25) is 0 Å². The van der Waals surface area contributed by atoms with Crippen molar-refractivity contribution in [3.05, 3.63) is 17.0 Å². The Morgan fingerprint density at radius 3 is 2.33 bits per heavy atom. The normalized spacial score (nSPS) is 10.0. The predicted molar refractivity (Wildman–Crippen MR) is 44.0 cm³/mol. The van der Waals surface area contributed by atoms with Gasteiger partial charge in [-0.1, -0.05) is 5.16 Å². The monoisotopic (exact) mass is 168 g/mol. The topological polar surface area (TPSA) is 46.3 Å². The van der Waals surface area contributed by atoms with Gasteiger partial charge < -0.3 is 9.42 Å². The first kappa shape index (κ1) is 8.77. The maximum atomic E-state index is 11.5. The highest BCUT2D eigenvalue weighted by Crippen LogP contribution is 2.13. The molecule has 0 atom stereocenters. The van der Waals surface area contributed by atoms with E-state index in [0.29, 0.717) is 17.0 Å². The molecule has 0 unspecified atom stereocenters. The number of rotatable bonds is 1. The zero-order valence-electron chi connectivity index (χ0n) is 7.71. The molecular formula is C8H12N2O2. The third-order valence-electron chi connectivity index (χ3n) is 1.65. The number of aryl methyl sites for hydroxylation is 2. The molecule has 0 radical (unpaired) electrons. The molecular weight excluding hydrogens is 156 g/mol. The Kier molecular flexibility index (Phi) is 2.17. The van der Waals surface area contributed by atoms with E-state index in [1.807, 2.05) is 0 Å². The summed E-state index contributed by atoms with van der Waals surface area (Å²) in [5.41, 5.74) is 1.21. The van der Waals surface area contributed by atoms with Crippen molar-refractivity contribution >= 4 is 5.91 Å². The second kappa shape index (κ2) is 2.97. The van der Waals surface area contributed by atoms with Gasteiger partial charge >= 0.3 is 0 Å². The molecule has 0 aliphatic rings. The SMILES string of the molecule is Cc1noc(C)c1C(=O)N(C)C. The van der Waals surface area contributed by atoms with E-state index in [2.05, 4.69) is 5.16 Å². The molecule has 0 aliphatic carbocycles. The van der Waals surface area contributed by atoms with Crippen LogP contribution in [0, 0.1) is 13.8 Å². The summed E-state index contributed by atoms with van der Waals surface area (Å²) in [7, 11) is 3.41. The molecule has 0 aliphatic heterocycles. The molecule has 0 spiro atoms. The van der Waals surface area contributed by atoms with Crippen LogP contribution in [-0.2, 0) is 0 Å². The lowest BCUT2D eigenvalue weighted by Crippen LogP contribution is -2.22. The summed E-state index contributed by atoms with van der Waals surface area (Å²) in [4.78, 5) is 13.0. The van der Waals surface area contributed by atoms with Crippen LogP contribution in [0.4, 0.5) is 0 Å². The fourth-order valence-corrected chi connectivity index (χ4v) is 1.01. The third-order valence-corrected chi connectivity index (χ3v) is 1.65. The average molecular weight is 168 g/mol. The molecule has 1 rings (SSSR count). The van der Waals surface area contributed by atoms with Crippen molar-refractivity contribution in [3.8, 4) is 0 Å². The van der Waals surface area contributed by atoms with E-state index in [1.54, 1.807) is 27.9 Å². The minimum absolute atomic E-state index is 0.0637. The lowest BCUT2D eigenvalue weighted by molar-refractivity contribution is 0.0825. The number of carbonyl (C=O) groups excluding carboxylic acids is 1. The maximum Gasteiger partial charge on any atom is 0.258 e. The van der Waals surface area contributed by atoms with Crippen molar-refractivity contribution in [2.75, 3.05) is 14.1 Å². The van der Waals surface area contributed by atoms with Gasteiger partial charge in [-0.25, -0.2) is 0 Å². The summed E-state index contributed by atoms with van der Waals surface area (Å²) >= 11 is 0. The summed E-state index contributed by atoms with van der Waals surface area (Å²) in [5, 5.41) is 3.70. The van der Waals surface area contributed by atoms with Crippen molar-refractivity contribution < 1.29 is 9.32 Å². The lowest BCUT2D eigenvalue weighted by Gasteiger charge is -2.08. The van der Waals surface area contributed by atoms with Crippen molar-refractivity contribution in [1.82, 2.24) is 10.1 Å². The van der Waals surface area contributed by atoms with Gasteiger partial charge in [-0.05, 0) is 13.8 Å². The van der Waals surface area contributed by atoms with E-state index in [9.17, 15) is 4.79 Å². The molecule has 12 heavy (non-hydrogen) atoms. The molecule has 0 N–H and O–H groups in total. The van der Waals surface area contributed by atoms with Gasteiger partial charge in [0.15, 0.2) is 0 Å². The van der Waals surface area contributed by atoms with Crippen LogP contribution < -0.4 is 0 Å². The van der Waals surface area contributed by atoms with Crippen LogP contribution in [0.2, 0.25) is 0 Å². The van der Waals surface area contributed by atoms with Gasteiger partial charge in [0.1, 0.15) is 11.3 Å². The Morgan fingerprint density at radius 2 is 2.00 bits per heavy atom. The van der Waals surface area contributed by atoms with Crippen LogP contribution in [0.5, 0.6) is 0 Å². The Balaban J connectivity index is 3.09. The zero-order chi connectivity index (χ0) is 9.30. The third kappa shape index (κ3) is 1.32. The van der Waals surface area contributed by atoms with Crippen LogP contribution in [0.1, 0.15) is 21.8 Å². The van der Waals surface area contributed by atoms with E-state index in [0.717, 1.165) is 0 Å². The molecule has 0 saturated heterocycles. The minimum atomic E-state index is -0.0637. The van der Waals surface area contributed by atoms with Gasteiger partial charge in [0.05, 0.1) is 5.69 Å². The molecule has 4 nitrogen and oxygen atoms in total. The predicted octanol–water partition coefficient (Wildman–Crippen LogP) is 0.993. The number of aromatic nitrogens is 1. The zero-order valence-corrected chi connectivity index (χ0v) is 7.71. The van der Waals surface area contributed by atoms with Gasteiger partial charge in [0.25, 0.3) is 5.91 Å². The van der Waals surface area contributed by atoms with Crippen molar-refractivity contribution in [1.29, 1.82) is 0 Å². The summed E-state index contributed by atoms with van der Waals surface area (Å²) in [6.45, 7) is 3.49.